The molecule has 13 heteroatoms. The molecule has 4 rings (SSSR count). The summed E-state index contributed by atoms with van der Waals surface area (Å²) < 4.78 is 8.94. The van der Waals surface area contributed by atoms with Crippen molar-refractivity contribution < 1.29 is 14.3 Å². The number of carbonyl (C=O) groups is 2. The van der Waals surface area contributed by atoms with E-state index in [4.69, 9.17) is 0 Å². The first-order valence-electron chi connectivity index (χ1n) is 11.2. The zero-order chi connectivity index (χ0) is 25.5. The Morgan fingerprint density at radius 2 is 2.08 bits per heavy atom. The van der Waals surface area contributed by atoms with E-state index in [2.05, 4.69) is 55.4 Å². The molecule has 0 atom stereocenters. The van der Waals surface area contributed by atoms with Crippen molar-refractivity contribution in [2.24, 2.45) is 0 Å². The third-order valence-electron chi connectivity index (χ3n) is 5.48. The molecule has 0 fully saturated rings. The maximum Gasteiger partial charge on any atom is 0.307 e. The maximum absolute atomic E-state index is 12.8. The van der Waals surface area contributed by atoms with Crippen molar-refractivity contribution in [2.45, 2.75) is 36.4 Å². The molecule has 0 radical (unpaired) electrons. The number of esters is 1. The molecule has 0 aliphatic heterocycles. The van der Waals surface area contributed by atoms with Gasteiger partial charge in [0, 0.05) is 50.0 Å². The first-order chi connectivity index (χ1) is 17.4. The predicted molar refractivity (Wildman–Crippen MR) is 135 cm³/mol. The summed E-state index contributed by atoms with van der Waals surface area (Å²) in [5.41, 5.74) is 4.18. The van der Waals surface area contributed by atoms with E-state index in [1.54, 1.807) is 47.1 Å². The van der Waals surface area contributed by atoms with E-state index in [1.165, 1.54) is 29.6 Å². The molecular formula is C23H26N8O3S2. The van der Waals surface area contributed by atoms with Gasteiger partial charge in [-0.05, 0) is 30.2 Å². The van der Waals surface area contributed by atoms with Crippen molar-refractivity contribution in [1.82, 2.24) is 39.6 Å². The SMILES string of the molecule is COC(=O)CCn1cc(CCN(C)C(=O)c2nnc(SCc3ccc(-n4ccnc4)cc3C)s2)nn1. The first kappa shape index (κ1) is 25.5. The second kappa shape index (κ2) is 11.9. The Kier molecular flexibility index (Phi) is 8.44. The summed E-state index contributed by atoms with van der Waals surface area (Å²) in [5.74, 6) is 0.254. The number of likely N-dealkylation sites (N-methyl/N-ethyl adjacent to an activating group) is 1. The van der Waals surface area contributed by atoms with Gasteiger partial charge in [-0.2, -0.15) is 0 Å². The van der Waals surface area contributed by atoms with E-state index in [9.17, 15) is 9.59 Å². The van der Waals surface area contributed by atoms with Crippen LogP contribution in [0, 0.1) is 6.92 Å². The number of methoxy groups -OCH3 is 1. The van der Waals surface area contributed by atoms with Gasteiger partial charge in [-0.25, -0.2) is 4.98 Å². The molecular weight excluding hydrogens is 500 g/mol. The molecule has 3 aromatic heterocycles. The summed E-state index contributed by atoms with van der Waals surface area (Å²) in [6, 6.07) is 6.29. The average Bonchev–Trinajstić information content (AvgIpc) is 3.66. The number of rotatable bonds is 11. The van der Waals surface area contributed by atoms with Gasteiger partial charge in [0.05, 0.1) is 32.1 Å². The number of nitrogens with zero attached hydrogens (tertiary/aromatic N) is 8. The van der Waals surface area contributed by atoms with Crippen LogP contribution in [0.5, 0.6) is 0 Å². The molecule has 0 saturated heterocycles. The van der Waals surface area contributed by atoms with E-state index in [1.807, 2.05) is 10.8 Å². The highest BCUT2D eigenvalue weighted by atomic mass is 32.2. The molecule has 1 aromatic carbocycles. The maximum atomic E-state index is 12.8. The highest BCUT2D eigenvalue weighted by Gasteiger charge is 2.18. The lowest BCUT2D eigenvalue weighted by atomic mass is 10.1. The fourth-order valence-electron chi connectivity index (χ4n) is 3.33. The van der Waals surface area contributed by atoms with E-state index >= 15 is 0 Å². The molecule has 188 valence electrons. The smallest absolute Gasteiger partial charge is 0.307 e. The van der Waals surface area contributed by atoms with Gasteiger partial charge >= 0.3 is 5.97 Å². The van der Waals surface area contributed by atoms with Gasteiger partial charge in [0.2, 0.25) is 5.01 Å². The molecule has 0 aliphatic carbocycles. The van der Waals surface area contributed by atoms with Crippen molar-refractivity contribution in [3.8, 4) is 5.69 Å². The number of aromatic nitrogens is 7. The van der Waals surface area contributed by atoms with E-state index in [0.29, 0.717) is 24.5 Å². The van der Waals surface area contributed by atoms with Crippen LogP contribution in [0.3, 0.4) is 0 Å². The van der Waals surface area contributed by atoms with Crippen LogP contribution in [0.25, 0.3) is 5.69 Å². The number of ether oxygens (including phenoxy) is 1. The molecule has 0 spiro atoms. The quantitative estimate of drug-likeness (QED) is 0.214. The van der Waals surface area contributed by atoms with Crippen molar-refractivity contribution in [1.29, 1.82) is 0 Å². The summed E-state index contributed by atoms with van der Waals surface area (Å²) in [7, 11) is 3.08. The molecule has 11 nitrogen and oxygen atoms in total. The van der Waals surface area contributed by atoms with Crippen LogP contribution in [0.15, 0.2) is 47.5 Å². The number of benzene rings is 1. The Morgan fingerprint density at radius 1 is 1.22 bits per heavy atom. The molecule has 0 bridgehead atoms. The molecule has 36 heavy (non-hydrogen) atoms. The second-order valence-corrected chi connectivity index (χ2v) is 10.2. The molecule has 1 amide bonds. The van der Waals surface area contributed by atoms with Crippen LogP contribution in [0.1, 0.15) is 33.0 Å². The van der Waals surface area contributed by atoms with Crippen LogP contribution in [0.2, 0.25) is 0 Å². The lowest BCUT2D eigenvalue weighted by Crippen LogP contribution is -2.28. The number of hydrogen-bond donors (Lipinski definition) is 0. The van der Waals surface area contributed by atoms with Crippen molar-refractivity contribution in [3.05, 3.63) is 64.9 Å². The van der Waals surface area contributed by atoms with Gasteiger partial charge in [-0.1, -0.05) is 34.4 Å². The number of hydrogen-bond acceptors (Lipinski definition) is 10. The van der Waals surface area contributed by atoms with E-state index < -0.39 is 0 Å². The monoisotopic (exact) mass is 526 g/mol. The van der Waals surface area contributed by atoms with Crippen LogP contribution in [-0.2, 0) is 28.2 Å². The van der Waals surface area contributed by atoms with E-state index in [0.717, 1.165) is 21.5 Å². The summed E-state index contributed by atoms with van der Waals surface area (Å²) >= 11 is 2.86. The Bertz CT molecular complexity index is 1320. The Labute approximate surface area is 216 Å². The predicted octanol–water partition coefficient (Wildman–Crippen LogP) is 2.79. The Hall–Kier alpha value is -3.58. The second-order valence-electron chi connectivity index (χ2n) is 8.02. The first-order valence-corrected chi connectivity index (χ1v) is 13.0. The molecule has 0 unspecified atom stereocenters. The van der Waals surface area contributed by atoms with Crippen LogP contribution < -0.4 is 0 Å². The zero-order valence-electron chi connectivity index (χ0n) is 20.2. The minimum atomic E-state index is -0.300. The van der Waals surface area contributed by atoms with E-state index in [-0.39, 0.29) is 18.3 Å². The lowest BCUT2D eigenvalue weighted by Gasteiger charge is -2.14. The fourth-order valence-corrected chi connectivity index (χ4v) is 5.25. The molecule has 4 aromatic rings. The number of aryl methyl sites for hydroxylation is 2. The van der Waals surface area contributed by atoms with Gasteiger partial charge < -0.3 is 14.2 Å². The molecule has 0 N–H and O–H groups in total. The van der Waals surface area contributed by atoms with Crippen LogP contribution in [0.4, 0.5) is 0 Å². The van der Waals surface area contributed by atoms with Gasteiger partial charge in [0.15, 0.2) is 4.34 Å². The van der Waals surface area contributed by atoms with Crippen molar-refractivity contribution in [3.63, 3.8) is 0 Å². The van der Waals surface area contributed by atoms with Crippen molar-refractivity contribution in [2.75, 3.05) is 20.7 Å². The third-order valence-corrected chi connectivity index (χ3v) is 7.57. The van der Waals surface area contributed by atoms with Gasteiger partial charge in [-0.15, -0.1) is 15.3 Å². The van der Waals surface area contributed by atoms with Gasteiger partial charge in [0.1, 0.15) is 0 Å². The summed E-state index contributed by atoms with van der Waals surface area (Å²) in [6.45, 7) is 2.94. The largest absolute Gasteiger partial charge is 0.469 e. The highest BCUT2D eigenvalue weighted by molar-refractivity contribution is 8.00. The van der Waals surface area contributed by atoms with Gasteiger partial charge in [0.25, 0.3) is 5.91 Å². The third kappa shape index (κ3) is 6.55. The molecule has 0 aliphatic rings. The number of amides is 1. The van der Waals surface area contributed by atoms with Crippen LogP contribution in [-0.4, -0.2) is 72.2 Å². The molecule has 0 saturated carbocycles. The summed E-state index contributed by atoms with van der Waals surface area (Å²) in [4.78, 5) is 29.7. The van der Waals surface area contributed by atoms with Crippen LogP contribution >= 0.6 is 23.1 Å². The normalized spacial score (nSPS) is 11.0. The number of thioether (sulfide) groups is 1. The minimum absolute atomic E-state index is 0.182. The number of carbonyl (C=O) groups excluding carboxylic acids is 2. The fraction of sp³-hybridized carbons (Fsp3) is 0.348. The summed E-state index contributed by atoms with van der Waals surface area (Å²) in [6.07, 6.45) is 7.98. The topological polar surface area (TPSA) is 121 Å². The van der Waals surface area contributed by atoms with Gasteiger partial charge in [-0.3, -0.25) is 14.3 Å². The standard InChI is InChI=1S/C23H26N8O3S2/c1-16-12-19(30-11-8-24-15-30)5-4-17(16)14-35-23-27-26-21(36-23)22(33)29(2)9-6-18-13-31(28-25-18)10-7-20(32)34-3/h4-5,8,11-13,15H,6-7,9-10,14H2,1-3H3. The van der Waals surface area contributed by atoms with Crippen molar-refractivity contribution >= 4 is 35.0 Å². The zero-order valence-corrected chi connectivity index (χ0v) is 21.8. The minimum Gasteiger partial charge on any atom is -0.469 e. The highest BCUT2D eigenvalue weighted by Crippen LogP contribution is 2.28. The Balaban J connectivity index is 1.26. The Morgan fingerprint density at radius 3 is 2.83 bits per heavy atom. The molecule has 3 heterocycles. The number of imidazole rings is 1. The lowest BCUT2D eigenvalue weighted by molar-refractivity contribution is -0.140. The average molecular weight is 527 g/mol. The summed E-state index contributed by atoms with van der Waals surface area (Å²) in [5, 5.41) is 16.7.